The van der Waals surface area contributed by atoms with Crippen LogP contribution in [0.4, 0.5) is 0 Å². The second kappa shape index (κ2) is 5.35. The van der Waals surface area contributed by atoms with E-state index in [9.17, 15) is 0 Å². The largest absolute Gasteiger partial charge is 0.487 e. The van der Waals surface area contributed by atoms with Gasteiger partial charge in [-0.2, -0.15) is 0 Å². The van der Waals surface area contributed by atoms with Crippen LogP contribution in [-0.2, 0) is 0 Å². The van der Waals surface area contributed by atoms with Crippen LogP contribution in [0.15, 0.2) is 24.3 Å². The van der Waals surface area contributed by atoms with E-state index in [4.69, 9.17) is 4.74 Å². The van der Waals surface area contributed by atoms with Crippen LogP contribution in [-0.4, -0.2) is 19.2 Å². The quantitative estimate of drug-likeness (QED) is 0.824. The van der Waals surface area contributed by atoms with Crippen LogP contribution >= 0.6 is 0 Å². The third-order valence-corrected chi connectivity index (χ3v) is 2.54. The molecule has 0 saturated heterocycles. The van der Waals surface area contributed by atoms with E-state index < -0.39 is 0 Å². The average molecular weight is 221 g/mol. The SMILES string of the molecule is CNCC(C)(C)Oc1ccc(C(C)C)cc1. The number of nitrogens with one attached hydrogen (secondary N) is 1. The molecule has 0 heterocycles. The van der Waals surface area contributed by atoms with Crippen LogP contribution in [0.25, 0.3) is 0 Å². The molecule has 0 atom stereocenters. The van der Waals surface area contributed by atoms with Crippen LogP contribution in [0.1, 0.15) is 39.2 Å². The summed E-state index contributed by atoms with van der Waals surface area (Å²) in [7, 11) is 1.94. The summed E-state index contributed by atoms with van der Waals surface area (Å²) in [5, 5.41) is 3.13. The summed E-state index contributed by atoms with van der Waals surface area (Å²) in [6, 6.07) is 8.37. The Kier molecular flexibility index (Phi) is 4.36. The smallest absolute Gasteiger partial charge is 0.120 e. The second-order valence-electron chi connectivity index (χ2n) is 5.12. The molecular formula is C14H23NO. The highest BCUT2D eigenvalue weighted by Gasteiger charge is 2.18. The summed E-state index contributed by atoms with van der Waals surface area (Å²) in [6.45, 7) is 9.39. The van der Waals surface area contributed by atoms with E-state index in [2.05, 4.69) is 45.1 Å². The molecule has 0 aliphatic rings. The fourth-order valence-corrected chi connectivity index (χ4v) is 1.70. The predicted molar refractivity (Wildman–Crippen MR) is 69.2 cm³/mol. The molecule has 90 valence electrons. The highest BCUT2D eigenvalue weighted by molar-refractivity contribution is 5.29. The highest BCUT2D eigenvalue weighted by atomic mass is 16.5. The average Bonchev–Trinajstić information content (AvgIpc) is 2.17. The minimum atomic E-state index is -0.173. The van der Waals surface area contributed by atoms with Crippen LogP contribution in [0, 0.1) is 0 Å². The fraction of sp³-hybridized carbons (Fsp3) is 0.571. The van der Waals surface area contributed by atoms with Crippen LogP contribution in [0.3, 0.4) is 0 Å². The van der Waals surface area contributed by atoms with Crippen LogP contribution < -0.4 is 10.1 Å². The molecule has 0 fully saturated rings. The van der Waals surface area contributed by atoms with Gasteiger partial charge in [0.1, 0.15) is 11.4 Å². The van der Waals surface area contributed by atoms with E-state index in [1.165, 1.54) is 5.56 Å². The van der Waals surface area contributed by atoms with Gasteiger partial charge < -0.3 is 10.1 Å². The van der Waals surface area contributed by atoms with Gasteiger partial charge in [-0.1, -0.05) is 26.0 Å². The van der Waals surface area contributed by atoms with E-state index in [1.807, 2.05) is 19.2 Å². The van der Waals surface area contributed by atoms with Crippen molar-refractivity contribution in [2.24, 2.45) is 0 Å². The first kappa shape index (κ1) is 13.0. The lowest BCUT2D eigenvalue weighted by atomic mass is 10.0. The standard InChI is InChI=1S/C14H23NO/c1-11(2)12-6-8-13(9-7-12)16-14(3,4)10-15-5/h6-9,11,15H,10H2,1-5H3. The van der Waals surface area contributed by atoms with Gasteiger partial charge in [0, 0.05) is 6.54 Å². The molecule has 0 spiro atoms. The lowest BCUT2D eigenvalue weighted by Crippen LogP contribution is -2.38. The van der Waals surface area contributed by atoms with Gasteiger partial charge in [0.25, 0.3) is 0 Å². The third kappa shape index (κ3) is 3.86. The molecule has 0 bridgehead atoms. The maximum absolute atomic E-state index is 5.91. The maximum Gasteiger partial charge on any atom is 0.120 e. The van der Waals surface area contributed by atoms with E-state index >= 15 is 0 Å². The Balaban J connectivity index is 2.68. The fourth-order valence-electron chi connectivity index (χ4n) is 1.70. The van der Waals surface area contributed by atoms with Gasteiger partial charge in [0.15, 0.2) is 0 Å². The molecule has 1 aromatic carbocycles. The van der Waals surface area contributed by atoms with Crippen molar-refractivity contribution in [2.75, 3.05) is 13.6 Å². The molecule has 0 aliphatic heterocycles. The monoisotopic (exact) mass is 221 g/mol. The summed E-state index contributed by atoms with van der Waals surface area (Å²) in [4.78, 5) is 0. The van der Waals surface area contributed by atoms with E-state index in [1.54, 1.807) is 0 Å². The van der Waals surface area contributed by atoms with Crippen LogP contribution in [0.2, 0.25) is 0 Å². The zero-order chi connectivity index (χ0) is 12.2. The third-order valence-electron chi connectivity index (χ3n) is 2.54. The summed E-state index contributed by atoms with van der Waals surface area (Å²) >= 11 is 0. The summed E-state index contributed by atoms with van der Waals surface area (Å²) in [5.41, 5.74) is 1.17. The van der Waals surface area contributed by atoms with Gasteiger partial charge in [-0.05, 0) is 44.5 Å². The number of likely N-dealkylation sites (N-methyl/N-ethyl adjacent to an activating group) is 1. The lowest BCUT2D eigenvalue weighted by molar-refractivity contribution is 0.110. The van der Waals surface area contributed by atoms with Crippen LogP contribution in [0.5, 0.6) is 5.75 Å². The number of hydrogen-bond donors (Lipinski definition) is 1. The molecule has 1 aromatic rings. The molecule has 1 rings (SSSR count). The summed E-state index contributed by atoms with van der Waals surface area (Å²) in [5.74, 6) is 1.50. The number of hydrogen-bond acceptors (Lipinski definition) is 2. The summed E-state index contributed by atoms with van der Waals surface area (Å²) < 4.78 is 5.91. The minimum Gasteiger partial charge on any atom is -0.487 e. The Morgan fingerprint density at radius 2 is 1.75 bits per heavy atom. The molecule has 16 heavy (non-hydrogen) atoms. The molecule has 2 nitrogen and oxygen atoms in total. The van der Waals surface area contributed by atoms with Crippen molar-refractivity contribution in [1.29, 1.82) is 0 Å². The van der Waals surface area contributed by atoms with E-state index in [0.717, 1.165) is 12.3 Å². The Labute approximate surface area is 99.0 Å². The molecule has 2 heteroatoms. The minimum absolute atomic E-state index is 0.173. The first-order valence-electron chi connectivity index (χ1n) is 5.88. The van der Waals surface area contributed by atoms with Gasteiger partial charge in [0.2, 0.25) is 0 Å². The molecule has 0 unspecified atom stereocenters. The van der Waals surface area contributed by atoms with Crippen molar-refractivity contribution in [3.63, 3.8) is 0 Å². The van der Waals surface area contributed by atoms with Gasteiger partial charge in [-0.25, -0.2) is 0 Å². The molecule has 0 radical (unpaired) electrons. The molecule has 0 aromatic heterocycles. The normalized spacial score (nSPS) is 11.9. The first-order valence-corrected chi connectivity index (χ1v) is 5.88. The molecular weight excluding hydrogens is 198 g/mol. The zero-order valence-electron chi connectivity index (χ0n) is 11.0. The van der Waals surface area contributed by atoms with E-state index in [0.29, 0.717) is 5.92 Å². The molecule has 0 amide bonds. The van der Waals surface area contributed by atoms with Crippen molar-refractivity contribution < 1.29 is 4.74 Å². The molecule has 0 aliphatic carbocycles. The Morgan fingerprint density at radius 1 is 1.19 bits per heavy atom. The predicted octanol–water partition coefficient (Wildman–Crippen LogP) is 3.19. The van der Waals surface area contributed by atoms with Crippen molar-refractivity contribution in [3.8, 4) is 5.75 Å². The zero-order valence-corrected chi connectivity index (χ0v) is 11.0. The maximum atomic E-state index is 5.91. The lowest BCUT2D eigenvalue weighted by Gasteiger charge is -2.26. The highest BCUT2D eigenvalue weighted by Crippen LogP contribution is 2.21. The number of benzene rings is 1. The number of rotatable bonds is 5. The first-order chi connectivity index (χ1) is 7.44. The molecule has 1 N–H and O–H groups in total. The Morgan fingerprint density at radius 3 is 2.19 bits per heavy atom. The van der Waals surface area contributed by atoms with Gasteiger partial charge in [-0.3, -0.25) is 0 Å². The summed E-state index contributed by atoms with van der Waals surface area (Å²) in [6.07, 6.45) is 0. The Bertz CT molecular complexity index is 314. The Hall–Kier alpha value is -1.02. The van der Waals surface area contributed by atoms with Gasteiger partial charge >= 0.3 is 0 Å². The van der Waals surface area contributed by atoms with Gasteiger partial charge in [-0.15, -0.1) is 0 Å². The molecule has 0 saturated carbocycles. The number of ether oxygens (including phenoxy) is 1. The van der Waals surface area contributed by atoms with Crippen molar-refractivity contribution >= 4 is 0 Å². The van der Waals surface area contributed by atoms with Crippen molar-refractivity contribution in [2.45, 2.75) is 39.2 Å². The van der Waals surface area contributed by atoms with Gasteiger partial charge in [0.05, 0.1) is 0 Å². The van der Waals surface area contributed by atoms with E-state index in [-0.39, 0.29) is 5.60 Å². The topological polar surface area (TPSA) is 21.3 Å². The van der Waals surface area contributed by atoms with Crippen molar-refractivity contribution in [3.05, 3.63) is 29.8 Å². The van der Waals surface area contributed by atoms with Crippen molar-refractivity contribution in [1.82, 2.24) is 5.32 Å². The second-order valence-corrected chi connectivity index (χ2v) is 5.12.